The van der Waals surface area contributed by atoms with Gasteiger partial charge in [0.05, 0.1) is 10.9 Å². The number of nitrogens with zero attached hydrogens (tertiary/aromatic N) is 3. The Morgan fingerprint density at radius 3 is 3.04 bits per heavy atom. The fraction of sp³-hybridized carbons (Fsp3) is 0.500. The molecule has 0 bridgehead atoms. The molecule has 1 aliphatic carbocycles. The lowest BCUT2D eigenvalue weighted by molar-refractivity contribution is 0.0507. The van der Waals surface area contributed by atoms with Gasteiger partial charge >= 0.3 is 0 Å². The summed E-state index contributed by atoms with van der Waals surface area (Å²) in [5.41, 5.74) is 0.447. The number of thioether (sulfide) groups is 1. The molecule has 4 heterocycles. The van der Waals surface area contributed by atoms with E-state index in [-0.39, 0.29) is 16.8 Å². The highest BCUT2D eigenvalue weighted by Gasteiger charge is 2.51. The van der Waals surface area contributed by atoms with Crippen LogP contribution in [-0.4, -0.2) is 50.6 Å². The molecule has 1 atom stereocenters. The summed E-state index contributed by atoms with van der Waals surface area (Å²) in [6.45, 7) is 1.52. The summed E-state index contributed by atoms with van der Waals surface area (Å²) in [5, 5.41) is 3.96. The topological polar surface area (TPSA) is 68.5 Å². The number of pyridine rings is 1. The van der Waals surface area contributed by atoms with Gasteiger partial charge in [0.2, 0.25) is 0 Å². The molecule has 2 aromatic heterocycles. The Balaban J connectivity index is 1.17. The van der Waals surface area contributed by atoms with Crippen LogP contribution in [0.4, 0.5) is 0 Å². The number of carbonyl (C=O) groups excluding carboxylic acids is 1. The molecule has 2 aromatic rings. The van der Waals surface area contributed by atoms with Crippen molar-refractivity contribution in [3.63, 3.8) is 0 Å². The molecular formula is C18H19N3O3S. The van der Waals surface area contributed by atoms with Crippen molar-refractivity contribution in [3.05, 3.63) is 42.0 Å². The Labute approximate surface area is 149 Å². The second kappa shape index (κ2) is 5.76. The van der Waals surface area contributed by atoms with E-state index in [1.165, 1.54) is 0 Å². The van der Waals surface area contributed by atoms with Crippen LogP contribution in [0.15, 0.2) is 35.1 Å². The summed E-state index contributed by atoms with van der Waals surface area (Å²) < 4.78 is 11.4. The molecule has 0 N–H and O–H groups in total. The summed E-state index contributed by atoms with van der Waals surface area (Å²) in [6.07, 6.45) is 6.91. The number of carbonyl (C=O) groups is 1. The van der Waals surface area contributed by atoms with Crippen molar-refractivity contribution < 1.29 is 14.1 Å². The zero-order valence-electron chi connectivity index (χ0n) is 13.8. The molecule has 3 aliphatic rings. The molecule has 2 aliphatic heterocycles. The molecule has 1 spiro atoms. The lowest BCUT2D eigenvalue weighted by Gasteiger charge is -2.47. The fourth-order valence-corrected chi connectivity index (χ4v) is 5.14. The van der Waals surface area contributed by atoms with Crippen molar-refractivity contribution in [2.45, 2.75) is 36.0 Å². The number of hydrogen-bond donors (Lipinski definition) is 0. The van der Waals surface area contributed by atoms with E-state index in [9.17, 15) is 4.79 Å². The van der Waals surface area contributed by atoms with Crippen molar-refractivity contribution in [1.29, 1.82) is 0 Å². The van der Waals surface area contributed by atoms with Gasteiger partial charge in [-0.1, -0.05) is 5.16 Å². The second-order valence-corrected chi connectivity index (χ2v) is 8.66. The monoisotopic (exact) mass is 357 g/mol. The molecule has 0 aromatic carbocycles. The Bertz CT molecular complexity index is 784. The molecule has 130 valence electrons. The van der Waals surface area contributed by atoms with Crippen LogP contribution < -0.4 is 4.74 Å². The average molecular weight is 357 g/mol. The van der Waals surface area contributed by atoms with Crippen LogP contribution in [0.25, 0.3) is 0 Å². The van der Waals surface area contributed by atoms with Crippen molar-refractivity contribution in [3.8, 4) is 5.75 Å². The van der Waals surface area contributed by atoms with Gasteiger partial charge < -0.3 is 14.2 Å². The minimum atomic E-state index is -0.0153. The van der Waals surface area contributed by atoms with Gasteiger partial charge in [-0.15, -0.1) is 11.8 Å². The minimum absolute atomic E-state index is 0.0153. The molecule has 7 heteroatoms. The molecule has 5 rings (SSSR count). The van der Waals surface area contributed by atoms with Gasteiger partial charge in [-0.05, 0) is 25.0 Å². The highest BCUT2D eigenvalue weighted by Crippen LogP contribution is 2.46. The maximum atomic E-state index is 12.6. The zero-order chi connectivity index (χ0) is 16.9. The van der Waals surface area contributed by atoms with Crippen LogP contribution in [0, 0.1) is 0 Å². The van der Waals surface area contributed by atoms with E-state index in [1.54, 1.807) is 12.4 Å². The largest absolute Gasteiger partial charge is 0.488 e. The van der Waals surface area contributed by atoms with Gasteiger partial charge in [0.1, 0.15) is 17.6 Å². The van der Waals surface area contributed by atoms with Gasteiger partial charge in [-0.2, -0.15) is 0 Å². The molecule has 3 fully saturated rings. The molecule has 1 saturated carbocycles. The number of likely N-dealkylation sites (tertiary alicyclic amines) is 1. The van der Waals surface area contributed by atoms with Crippen LogP contribution in [0.2, 0.25) is 0 Å². The number of rotatable bonds is 4. The highest BCUT2D eigenvalue weighted by molar-refractivity contribution is 8.01. The van der Waals surface area contributed by atoms with Gasteiger partial charge in [-0.25, -0.2) is 0 Å². The van der Waals surface area contributed by atoms with Crippen molar-refractivity contribution >= 4 is 17.7 Å². The first-order valence-corrected chi connectivity index (χ1v) is 9.66. The fourth-order valence-electron chi connectivity index (χ4n) is 3.61. The molecule has 6 nitrogen and oxygen atoms in total. The summed E-state index contributed by atoms with van der Waals surface area (Å²) >= 11 is 1.91. The van der Waals surface area contributed by atoms with Crippen LogP contribution >= 0.6 is 11.8 Å². The lowest BCUT2D eigenvalue weighted by atomic mass is 9.92. The van der Waals surface area contributed by atoms with Crippen LogP contribution in [-0.2, 0) is 0 Å². The van der Waals surface area contributed by atoms with Gasteiger partial charge in [-0.3, -0.25) is 9.78 Å². The van der Waals surface area contributed by atoms with E-state index in [0.717, 1.165) is 49.6 Å². The third kappa shape index (κ3) is 2.90. The molecule has 2 saturated heterocycles. The smallest absolute Gasteiger partial charge is 0.276 e. The minimum Gasteiger partial charge on any atom is -0.488 e. The molecule has 25 heavy (non-hydrogen) atoms. The standard InChI is InChI=1S/C18H19N3O3S/c22-17(15-6-16(24-20-15)12-3-4-12)21-10-18(11-21)7-14(9-25-18)23-13-2-1-5-19-8-13/h1-2,5-6,8,12,14H,3-4,7,9-11H2/t14-/m1/s1. The third-order valence-electron chi connectivity index (χ3n) is 5.08. The van der Waals surface area contributed by atoms with Crippen LogP contribution in [0.3, 0.4) is 0 Å². The Kier molecular flexibility index (Phi) is 3.51. The van der Waals surface area contributed by atoms with E-state index in [2.05, 4.69) is 10.1 Å². The summed E-state index contributed by atoms with van der Waals surface area (Å²) in [6, 6.07) is 5.63. The Morgan fingerprint density at radius 1 is 1.40 bits per heavy atom. The van der Waals surface area contributed by atoms with Crippen LogP contribution in [0.5, 0.6) is 5.75 Å². The highest BCUT2D eigenvalue weighted by atomic mass is 32.2. The Morgan fingerprint density at radius 2 is 2.28 bits per heavy atom. The van der Waals surface area contributed by atoms with Gasteiger partial charge in [0, 0.05) is 43.4 Å². The first-order valence-electron chi connectivity index (χ1n) is 8.67. The lowest BCUT2D eigenvalue weighted by Crippen LogP contribution is -2.60. The Hall–Kier alpha value is -2.02. The predicted molar refractivity (Wildman–Crippen MR) is 92.8 cm³/mol. The number of hydrogen-bond acceptors (Lipinski definition) is 6. The van der Waals surface area contributed by atoms with Crippen molar-refractivity contribution in [2.24, 2.45) is 0 Å². The second-order valence-electron chi connectivity index (χ2n) is 7.18. The maximum absolute atomic E-state index is 12.6. The first-order chi connectivity index (χ1) is 12.2. The quantitative estimate of drug-likeness (QED) is 0.838. The van der Waals surface area contributed by atoms with E-state index >= 15 is 0 Å². The molecule has 0 unspecified atom stereocenters. The number of ether oxygens (including phenoxy) is 1. The van der Waals surface area contributed by atoms with Gasteiger partial charge in [0.25, 0.3) is 5.91 Å². The SMILES string of the molecule is O=C(c1cc(C2CC2)on1)N1CC2(C[C@@H](Oc3cccnc3)CS2)C1. The predicted octanol–water partition coefficient (Wildman–Crippen LogP) is 2.73. The van der Waals surface area contributed by atoms with E-state index in [0.29, 0.717) is 11.6 Å². The first kappa shape index (κ1) is 15.3. The molecule has 1 amide bonds. The third-order valence-corrected chi connectivity index (χ3v) is 6.66. The van der Waals surface area contributed by atoms with Crippen LogP contribution in [0.1, 0.15) is 41.4 Å². The van der Waals surface area contributed by atoms with Crippen molar-refractivity contribution in [2.75, 3.05) is 18.8 Å². The summed E-state index contributed by atoms with van der Waals surface area (Å²) in [4.78, 5) is 18.5. The van der Waals surface area contributed by atoms with Gasteiger partial charge in [0.15, 0.2) is 5.69 Å². The van der Waals surface area contributed by atoms with Crippen molar-refractivity contribution in [1.82, 2.24) is 15.0 Å². The summed E-state index contributed by atoms with van der Waals surface area (Å²) in [5.74, 6) is 3.09. The summed E-state index contributed by atoms with van der Waals surface area (Å²) in [7, 11) is 0. The zero-order valence-corrected chi connectivity index (χ0v) is 14.6. The average Bonchev–Trinajstić information content (AvgIpc) is 3.17. The molecular weight excluding hydrogens is 338 g/mol. The number of amides is 1. The normalized spacial score (nSPS) is 24.3. The van der Waals surface area contributed by atoms with E-state index in [1.807, 2.05) is 34.9 Å². The number of aromatic nitrogens is 2. The molecule has 0 radical (unpaired) electrons. The van der Waals surface area contributed by atoms with E-state index < -0.39 is 0 Å². The maximum Gasteiger partial charge on any atom is 0.276 e. The van der Waals surface area contributed by atoms with E-state index in [4.69, 9.17) is 9.26 Å².